The molecule has 0 bridgehead atoms. The van der Waals surface area contributed by atoms with E-state index >= 15 is 0 Å². The molecule has 2 aromatic rings. The molecule has 0 radical (unpaired) electrons. The monoisotopic (exact) mass is 448 g/mol. The standard InChI is InChI=1S/C18H17BrN4O5/c1-18(13-7-4-8-28-13)16(26)23(17(27)22-18)10-15(25)20-9-14(24)21-12-6-3-2-5-11(12)19/h2-8H,9-10H2,1H3,(H,20,25)(H,21,24)(H,22,27). The Labute approximate surface area is 168 Å². The second-order valence-electron chi connectivity index (χ2n) is 6.23. The van der Waals surface area contributed by atoms with Crippen molar-refractivity contribution in [2.75, 3.05) is 18.4 Å². The van der Waals surface area contributed by atoms with E-state index in [1.165, 1.54) is 13.2 Å². The van der Waals surface area contributed by atoms with Crippen molar-refractivity contribution >= 4 is 45.4 Å². The minimum Gasteiger partial charge on any atom is -0.466 e. The third kappa shape index (κ3) is 3.91. The van der Waals surface area contributed by atoms with Gasteiger partial charge in [-0.2, -0.15) is 0 Å². The van der Waals surface area contributed by atoms with Crippen LogP contribution in [-0.2, 0) is 19.9 Å². The van der Waals surface area contributed by atoms with Crippen molar-refractivity contribution < 1.29 is 23.6 Å². The Bertz CT molecular complexity index is 930. The molecule has 0 aliphatic carbocycles. The van der Waals surface area contributed by atoms with Gasteiger partial charge < -0.3 is 20.4 Å². The quantitative estimate of drug-likeness (QED) is 0.579. The number of rotatable bonds is 6. The minimum absolute atomic E-state index is 0.265. The maximum atomic E-state index is 12.6. The van der Waals surface area contributed by atoms with Crippen molar-refractivity contribution in [3.8, 4) is 0 Å². The number of furan rings is 1. The molecule has 5 amide bonds. The zero-order chi connectivity index (χ0) is 20.3. The lowest BCUT2D eigenvalue weighted by molar-refractivity contribution is -0.135. The second-order valence-corrected chi connectivity index (χ2v) is 7.08. The second kappa shape index (κ2) is 7.85. The summed E-state index contributed by atoms with van der Waals surface area (Å²) in [7, 11) is 0. The molecule has 10 heteroatoms. The highest BCUT2D eigenvalue weighted by Crippen LogP contribution is 2.28. The first-order valence-corrected chi connectivity index (χ1v) is 9.10. The lowest BCUT2D eigenvalue weighted by atomic mass is 9.99. The van der Waals surface area contributed by atoms with E-state index in [0.29, 0.717) is 10.2 Å². The summed E-state index contributed by atoms with van der Waals surface area (Å²) in [5, 5.41) is 7.55. The summed E-state index contributed by atoms with van der Waals surface area (Å²) in [6.45, 7) is 0.678. The van der Waals surface area contributed by atoms with Crippen molar-refractivity contribution in [1.82, 2.24) is 15.5 Å². The van der Waals surface area contributed by atoms with Crippen LogP contribution >= 0.6 is 15.9 Å². The van der Waals surface area contributed by atoms with Gasteiger partial charge in [0, 0.05) is 4.47 Å². The van der Waals surface area contributed by atoms with Crippen LogP contribution in [0.15, 0.2) is 51.6 Å². The van der Waals surface area contributed by atoms with E-state index in [-0.39, 0.29) is 12.3 Å². The minimum atomic E-state index is -1.38. The molecule has 1 atom stereocenters. The predicted molar refractivity (Wildman–Crippen MR) is 102 cm³/mol. The predicted octanol–water partition coefficient (Wildman–Crippen LogP) is 1.56. The number of carbonyl (C=O) groups excluding carboxylic acids is 4. The van der Waals surface area contributed by atoms with Crippen LogP contribution in [0.25, 0.3) is 0 Å². The van der Waals surface area contributed by atoms with Crippen molar-refractivity contribution in [3.05, 3.63) is 52.9 Å². The van der Waals surface area contributed by atoms with Crippen LogP contribution in [0.1, 0.15) is 12.7 Å². The van der Waals surface area contributed by atoms with Crippen molar-refractivity contribution in [1.29, 1.82) is 0 Å². The number of amides is 5. The molecule has 1 saturated heterocycles. The fourth-order valence-electron chi connectivity index (χ4n) is 2.71. The molecule has 3 N–H and O–H groups in total. The van der Waals surface area contributed by atoms with E-state index in [4.69, 9.17) is 4.42 Å². The average Bonchev–Trinajstić information content (AvgIpc) is 3.27. The van der Waals surface area contributed by atoms with Gasteiger partial charge in [0.2, 0.25) is 11.8 Å². The first-order chi connectivity index (χ1) is 13.3. The number of benzene rings is 1. The molecule has 1 aliphatic rings. The van der Waals surface area contributed by atoms with E-state index in [1.54, 1.807) is 36.4 Å². The van der Waals surface area contributed by atoms with Gasteiger partial charge in [-0.3, -0.25) is 19.3 Å². The topological polar surface area (TPSA) is 121 Å². The molecule has 146 valence electrons. The summed E-state index contributed by atoms with van der Waals surface area (Å²) in [4.78, 5) is 49.6. The number of nitrogens with zero attached hydrogens (tertiary/aromatic N) is 1. The molecule has 1 aromatic carbocycles. The summed E-state index contributed by atoms with van der Waals surface area (Å²) in [5.74, 6) is -1.44. The van der Waals surface area contributed by atoms with Gasteiger partial charge in [-0.05, 0) is 47.1 Å². The summed E-state index contributed by atoms with van der Waals surface area (Å²) < 4.78 is 5.92. The van der Waals surface area contributed by atoms with Gasteiger partial charge >= 0.3 is 6.03 Å². The molecule has 1 fully saturated rings. The number of hydrogen-bond acceptors (Lipinski definition) is 5. The summed E-state index contributed by atoms with van der Waals surface area (Å²) in [6, 6.07) is 9.47. The van der Waals surface area contributed by atoms with Crippen molar-refractivity contribution in [2.24, 2.45) is 0 Å². The lowest BCUT2D eigenvalue weighted by Gasteiger charge is -2.18. The Morgan fingerprint density at radius 3 is 2.61 bits per heavy atom. The van der Waals surface area contributed by atoms with Crippen LogP contribution in [0.2, 0.25) is 0 Å². The Morgan fingerprint density at radius 2 is 1.93 bits per heavy atom. The van der Waals surface area contributed by atoms with Gasteiger partial charge in [0.15, 0.2) is 5.54 Å². The van der Waals surface area contributed by atoms with Crippen LogP contribution in [0, 0.1) is 0 Å². The van der Waals surface area contributed by atoms with Crippen LogP contribution in [-0.4, -0.2) is 41.7 Å². The number of imide groups is 1. The highest BCUT2D eigenvalue weighted by atomic mass is 79.9. The number of hydrogen-bond donors (Lipinski definition) is 3. The Balaban J connectivity index is 1.55. The molecular formula is C18H17BrN4O5. The SMILES string of the molecule is CC1(c2ccco2)NC(=O)N(CC(=O)NCC(=O)Nc2ccccc2Br)C1=O. The molecule has 28 heavy (non-hydrogen) atoms. The maximum Gasteiger partial charge on any atom is 0.325 e. The zero-order valence-electron chi connectivity index (χ0n) is 14.8. The zero-order valence-corrected chi connectivity index (χ0v) is 16.4. The smallest absolute Gasteiger partial charge is 0.325 e. The van der Waals surface area contributed by atoms with Gasteiger partial charge in [0.1, 0.15) is 12.3 Å². The molecular weight excluding hydrogens is 432 g/mol. The normalized spacial score (nSPS) is 18.7. The molecule has 2 heterocycles. The van der Waals surface area contributed by atoms with E-state index in [2.05, 4.69) is 31.9 Å². The van der Waals surface area contributed by atoms with E-state index < -0.39 is 35.8 Å². The summed E-state index contributed by atoms with van der Waals surface area (Å²) in [6.07, 6.45) is 1.39. The maximum absolute atomic E-state index is 12.6. The number of halogens is 1. The summed E-state index contributed by atoms with van der Waals surface area (Å²) in [5.41, 5.74) is -0.817. The third-order valence-electron chi connectivity index (χ3n) is 4.18. The number of urea groups is 1. The lowest BCUT2D eigenvalue weighted by Crippen LogP contribution is -2.44. The fraction of sp³-hybridized carbons (Fsp3) is 0.222. The highest BCUT2D eigenvalue weighted by Gasteiger charge is 2.51. The Morgan fingerprint density at radius 1 is 1.18 bits per heavy atom. The Hall–Kier alpha value is -3.14. The molecule has 1 aliphatic heterocycles. The van der Waals surface area contributed by atoms with Crippen LogP contribution in [0.5, 0.6) is 0 Å². The molecule has 9 nitrogen and oxygen atoms in total. The van der Waals surface area contributed by atoms with Gasteiger partial charge in [0.25, 0.3) is 5.91 Å². The number of nitrogens with one attached hydrogen (secondary N) is 3. The number of para-hydroxylation sites is 1. The molecule has 1 aromatic heterocycles. The highest BCUT2D eigenvalue weighted by molar-refractivity contribution is 9.10. The van der Waals surface area contributed by atoms with Gasteiger partial charge in [-0.1, -0.05) is 12.1 Å². The third-order valence-corrected chi connectivity index (χ3v) is 4.88. The van der Waals surface area contributed by atoms with Gasteiger partial charge in [0.05, 0.1) is 18.5 Å². The Kier molecular flexibility index (Phi) is 5.50. The number of carbonyl (C=O) groups is 4. The molecule has 1 unspecified atom stereocenters. The van der Waals surface area contributed by atoms with Crippen LogP contribution in [0.3, 0.4) is 0 Å². The van der Waals surface area contributed by atoms with E-state index in [9.17, 15) is 19.2 Å². The first-order valence-electron chi connectivity index (χ1n) is 8.30. The number of anilines is 1. The molecule has 3 rings (SSSR count). The van der Waals surface area contributed by atoms with Crippen molar-refractivity contribution in [2.45, 2.75) is 12.5 Å². The van der Waals surface area contributed by atoms with Crippen molar-refractivity contribution in [3.63, 3.8) is 0 Å². The fourth-order valence-corrected chi connectivity index (χ4v) is 3.09. The summed E-state index contributed by atoms with van der Waals surface area (Å²) >= 11 is 3.30. The first kappa shape index (κ1) is 19.6. The van der Waals surface area contributed by atoms with Crippen LogP contribution in [0.4, 0.5) is 10.5 Å². The largest absolute Gasteiger partial charge is 0.466 e. The van der Waals surface area contributed by atoms with E-state index in [0.717, 1.165) is 4.90 Å². The molecule has 0 spiro atoms. The van der Waals surface area contributed by atoms with Gasteiger partial charge in [-0.15, -0.1) is 0 Å². The molecule has 0 saturated carbocycles. The van der Waals surface area contributed by atoms with E-state index in [1.807, 2.05) is 0 Å². The van der Waals surface area contributed by atoms with Crippen LogP contribution < -0.4 is 16.0 Å². The van der Waals surface area contributed by atoms with Gasteiger partial charge in [-0.25, -0.2) is 4.79 Å². The average molecular weight is 449 g/mol.